The third-order valence-corrected chi connectivity index (χ3v) is 2.37. The number of carbonyl (C=O) groups excluding carboxylic acids is 2. The molecule has 0 aliphatic heterocycles. The second-order valence-corrected chi connectivity index (χ2v) is 3.98. The van der Waals surface area contributed by atoms with E-state index in [9.17, 15) is 19.2 Å². The van der Waals surface area contributed by atoms with Crippen LogP contribution >= 0.6 is 12.6 Å². The predicted molar refractivity (Wildman–Crippen MR) is 71.3 cm³/mol. The van der Waals surface area contributed by atoms with Crippen molar-refractivity contribution in [2.45, 2.75) is 24.9 Å². The monoisotopic (exact) mass is 309 g/mol. The van der Waals surface area contributed by atoms with Gasteiger partial charge in [0, 0.05) is 14.9 Å². The van der Waals surface area contributed by atoms with E-state index in [1.807, 2.05) is 10.6 Å². The molecule has 0 saturated heterocycles. The number of rotatable bonds is 9. The minimum atomic E-state index is -2.45. The maximum atomic E-state index is 11.7. The van der Waals surface area contributed by atoms with Gasteiger partial charge in [0.25, 0.3) is 0 Å². The fourth-order valence-electron chi connectivity index (χ4n) is 1.06. The van der Waals surface area contributed by atoms with Gasteiger partial charge in [0.15, 0.2) is 0 Å². The quantitative estimate of drug-likeness (QED) is 0.263. The Morgan fingerprint density at radius 3 is 2.35 bits per heavy atom. The number of hydrogen-bond acceptors (Lipinski definition) is 6. The number of hydrogen-bond donors (Lipinski definition) is 6. The summed E-state index contributed by atoms with van der Waals surface area (Å²) in [5.74, 6) is -4.53. The first kappa shape index (κ1) is 14.6. The maximum absolute atomic E-state index is 11.7. The van der Waals surface area contributed by atoms with Crippen LogP contribution in [0.2, 0.25) is 0 Å². The molecule has 0 unspecified atom stereocenters. The standard InChI is InChI=1S/C10H17N3O6S/c11-5(10(18)19)1-2-7(14)13-6(4-20)9(17)12-3-8(15)16/h5-6,20H,1-4,11H2,(H,12,17)(H,13,14)(H,15,16)(H,18,19)/t5-,6-/m0/s1/i4D2. The van der Waals surface area contributed by atoms with E-state index < -0.39 is 48.1 Å². The fraction of sp³-hybridized carbons (Fsp3) is 0.600. The highest BCUT2D eigenvalue weighted by atomic mass is 32.1. The number of carbonyl (C=O) groups is 4. The normalized spacial score (nSPS) is 15.3. The fourth-order valence-corrected chi connectivity index (χ4v) is 1.25. The van der Waals surface area contributed by atoms with Crippen molar-refractivity contribution in [3.8, 4) is 0 Å². The van der Waals surface area contributed by atoms with Gasteiger partial charge in [0.05, 0.1) is 0 Å². The summed E-state index contributed by atoms with van der Waals surface area (Å²) in [5, 5.41) is 21.0. The SMILES string of the molecule is [2H]C([2H])(S)[C@H](NC(=O)CC[C@H](N)C(=O)O)C(=O)NCC(=O)O. The van der Waals surface area contributed by atoms with Crippen molar-refractivity contribution in [2.24, 2.45) is 5.73 Å². The lowest BCUT2D eigenvalue weighted by Crippen LogP contribution is -2.49. The zero-order chi connectivity index (χ0) is 17.5. The van der Waals surface area contributed by atoms with Crippen molar-refractivity contribution < 1.29 is 32.1 Å². The lowest BCUT2D eigenvalue weighted by atomic mass is 10.1. The minimum Gasteiger partial charge on any atom is -0.480 e. The van der Waals surface area contributed by atoms with Crippen LogP contribution in [0.1, 0.15) is 15.6 Å². The van der Waals surface area contributed by atoms with Crippen LogP contribution in [0.4, 0.5) is 0 Å². The highest BCUT2D eigenvalue weighted by Crippen LogP contribution is 1.97. The molecule has 20 heavy (non-hydrogen) atoms. The summed E-state index contributed by atoms with van der Waals surface area (Å²) in [6.07, 6.45) is -0.555. The van der Waals surface area contributed by atoms with Crippen LogP contribution in [0.15, 0.2) is 0 Å². The van der Waals surface area contributed by atoms with E-state index in [1.54, 1.807) is 0 Å². The van der Waals surface area contributed by atoms with Crippen molar-refractivity contribution in [2.75, 3.05) is 12.2 Å². The van der Waals surface area contributed by atoms with Crippen LogP contribution < -0.4 is 16.4 Å². The van der Waals surface area contributed by atoms with Crippen LogP contribution in [-0.4, -0.2) is 58.3 Å². The van der Waals surface area contributed by atoms with E-state index in [1.165, 1.54) is 0 Å². The average Bonchev–Trinajstić information content (AvgIpc) is 2.37. The molecule has 2 amide bonds. The van der Waals surface area contributed by atoms with Gasteiger partial charge in [-0.05, 0) is 6.42 Å². The average molecular weight is 309 g/mol. The summed E-state index contributed by atoms with van der Waals surface area (Å²) in [6.45, 7) is -0.751. The molecular formula is C10H17N3O6S. The number of nitrogens with one attached hydrogen (secondary N) is 2. The van der Waals surface area contributed by atoms with Gasteiger partial charge in [-0.25, -0.2) is 0 Å². The second-order valence-electron chi connectivity index (χ2n) is 3.72. The van der Waals surface area contributed by atoms with E-state index >= 15 is 0 Å². The highest BCUT2D eigenvalue weighted by Gasteiger charge is 2.20. The Balaban J connectivity index is 4.66. The maximum Gasteiger partial charge on any atom is 0.322 e. The molecule has 114 valence electrons. The molecule has 0 aliphatic rings. The summed E-state index contributed by atoms with van der Waals surface area (Å²) in [7, 11) is 0. The van der Waals surface area contributed by atoms with Crippen molar-refractivity contribution >= 4 is 36.4 Å². The number of thiol groups is 1. The van der Waals surface area contributed by atoms with Crippen molar-refractivity contribution in [1.29, 1.82) is 0 Å². The number of aliphatic carboxylic acids is 2. The molecule has 9 nitrogen and oxygen atoms in total. The van der Waals surface area contributed by atoms with E-state index in [-0.39, 0.29) is 12.8 Å². The molecule has 10 heteroatoms. The molecule has 0 spiro atoms. The molecule has 2 atom stereocenters. The molecule has 0 heterocycles. The van der Waals surface area contributed by atoms with Gasteiger partial charge in [-0.3, -0.25) is 19.2 Å². The zero-order valence-electron chi connectivity index (χ0n) is 12.3. The zero-order valence-corrected chi connectivity index (χ0v) is 11.2. The summed E-state index contributed by atoms with van der Waals surface area (Å²) in [6, 6.07) is -3.01. The topological polar surface area (TPSA) is 159 Å². The van der Waals surface area contributed by atoms with Gasteiger partial charge in [0.1, 0.15) is 18.6 Å². The van der Waals surface area contributed by atoms with E-state index in [2.05, 4.69) is 12.6 Å². The van der Waals surface area contributed by atoms with Gasteiger partial charge in [-0.15, -0.1) is 0 Å². The van der Waals surface area contributed by atoms with Crippen LogP contribution in [0.3, 0.4) is 0 Å². The Bertz CT molecular complexity index is 456. The minimum absolute atomic E-state index is 0.208. The summed E-state index contributed by atoms with van der Waals surface area (Å²) >= 11 is 3.54. The lowest BCUT2D eigenvalue weighted by molar-refractivity contribution is -0.139. The molecule has 0 aromatic carbocycles. The number of amides is 2. The van der Waals surface area contributed by atoms with E-state index in [4.69, 9.17) is 18.7 Å². The predicted octanol–water partition coefficient (Wildman–Crippen LogP) is -2.21. The summed E-state index contributed by atoms with van der Waals surface area (Å²) in [5.41, 5.74) is 2.76. The Labute approximate surface area is 123 Å². The Hall–Kier alpha value is -1.81. The summed E-state index contributed by atoms with van der Waals surface area (Å²) < 4.78 is 14.7. The van der Waals surface area contributed by atoms with Crippen molar-refractivity contribution in [1.82, 2.24) is 10.6 Å². The molecule has 0 rings (SSSR count). The first-order chi connectivity index (χ1) is 9.95. The van der Waals surface area contributed by atoms with Crippen LogP contribution in [0, 0.1) is 0 Å². The summed E-state index contributed by atoms with van der Waals surface area (Å²) in [4.78, 5) is 44.1. The van der Waals surface area contributed by atoms with E-state index in [0.29, 0.717) is 0 Å². The molecule has 0 aromatic rings. The van der Waals surface area contributed by atoms with Crippen LogP contribution in [-0.2, 0) is 19.2 Å². The molecule has 0 aliphatic carbocycles. The van der Waals surface area contributed by atoms with Gasteiger partial charge >= 0.3 is 11.9 Å². The van der Waals surface area contributed by atoms with Gasteiger partial charge in [0.2, 0.25) is 11.8 Å². The molecule has 0 saturated carbocycles. The Morgan fingerprint density at radius 2 is 1.90 bits per heavy atom. The Morgan fingerprint density at radius 1 is 1.30 bits per heavy atom. The second kappa shape index (κ2) is 9.15. The molecular weight excluding hydrogens is 290 g/mol. The molecule has 0 bridgehead atoms. The Kier molecular flexibility index (Phi) is 6.68. The first-order valence-electron chi connectivity index (χ1n) is 6.44. The number of carboxylic acids is 2. The van der Waals surface area contributed by atoms with Crippen molar-refractivity contribution in [3.05, 3.63) is 0 Å². The lowest BCUT2D eigenvalue weighted by Gasteiger charge is -2.16. The van der Waals surface area contributed by atoms with Gasteiger partial charge in [-0.2, -0.15) is 12.6 Å². The van der Waals surface area contributed by atoms with Crippen molar-refractivity contribution in [3.63, 3.8) is 0 Å². The molecule has 0 radical (unpaired) electrons. The first-order valence-corrected chi connectivity index (χ1v) is 5.89. The number of nitrogens with two attached hydrogens (primary N) is 1. The largest absolute Gasteiger partial charge is 0.480 e. The molecule has 0 aromatic heterocycles. The molecule has 0 fully saturated rings. The molecule has 6 N–H and O–H groups in total. The smallest absolute Gasteiger partial charge is 0.322 e. The van der Waals surface area contributed by atoms with E-state index in [0.717, 1.165) is 0 Å². The van der Waals surface area contributed by atoms with Gasteiger partial charge in [-0.1, -0.05) is 0 Å². The highest BCUT2D eigenvalue weighted by molar-refractivity contribution is 7.80. The van der Waals surface area contributed by atoms with Crippen LogP contribution in [0.25, 0.3) is 0 Å². The van der Waals surface area contributed by atoms with Gasteiger partial charge < -0.3 is 26.6 Å². The third-order valence-electron chi connectivity index (χ3n) is 2.11. The number of carboxylic acid groups (broad SMARTS) is 2. The van der Waals surface area contributed by atoms with Crippen LogP contribution in [0.5, 0.6) is 0 Å². The third kappa shape index (κ3) is 7.59.